The van der Waals surface area contributed by atoms with Crippen molar-refractivity contribution in [2.75, 3.05) is 19.5 Å². The lowest BCUT2D eigenvalue weighted by Gasteiger charge is -2.21. The maximum Gasteiger partial charge on any atom is 0.258 e. The van der Waals surface area contributed by atoms with Crippen molar-refractivity contribution in [2.45, 2.75) is 31.2 Å². The van der Waals surface area contributed by atoms with Crippen LogP contribution in [-0.2, 0) is 10.0 Å². The van der Waals surface area contributed by atoms with Gasteiger partial charge in [-0.25, -0.2) is 13.1 Å². The summed E-state index contributed by atoms with van der Waals surface area (Å²) in [5, 5.41) is 9.27. The van der Waals surface area contributed by atoms with Crippen molar-refractivity contribution in [2.24, 2.45) is 0 Å². The van der Waals surface area contributed by atoms with E-state index in [0.717, 1.165) is 0 Å². The minimum atomic E-state index is -3.95. The van der Waals surface area contributed by atoms with Crippen molar-refractivity contribution >= 4 is 33.5 Å². The molecule has 0 radical (unpaired) electrons. The molecule has 1 aromatic heterocycles. The van der Waals surface area contributed by atoms with Crippen LogP contribution in [0.1, 0.15) is 31.1 Å². The number of halogens is 1. The zero-order chi connectivity index (χ0) is 24.4. The van der Waals surface area contributed by atoms with Crippen LogP contribution in [0, 0.1) is 0 Å². The van der Waals surface area contributed by atoms with Crippen LogP contribution >= 0.6 is 11.6 Å². The van der Waals surface area contributed by atoms with Crippen LogP contribution in [0.4, 0.5) is 5.95 Å². The molecule has 3 N–H and O–H groups in total. The van der Waals surface area contributed by atoms with Crippen LogP contribution in [0.25, 0.3) is 11.4 Å². The van der Waals surface area contributed by atoms with E-state index in [2.05, 4.69) is 25.2 Å². The van der Waals surface area contributed by atoms with Gasteiger partial charge in [0.25, 0.3) is 5.91 Å². The molecule has 0 unspecified atom stereocenters. The van der Waals surface area contributed by atoms with Gasteiger partial charge in [-0.3, -0.25) is 15.2 Å². The van der Waals surface area contributed by atoms with Crippen LogP contribution in [0.15, 0.2) is 41.3 Å². The highest BCUT2D eigenvalue weighted by molar-refractivity contribution is 7.89. The zero-order valence-corrected chi connectivity index (χ0v) is 20.3. The molecule has 0 aliphatic carbocycles. The molecule has 0 saturated carbocycles. The molecule has 0 aliphatic heterocycles. The molecule has 12 heteroatoms. The van der Waals surface area contributed by atoms with E-state index in [4.69, 9.17) is 21.1 Å². The second-order valence-corrected chi connectivity index (χ2v) is 10.1. The summed E-state index contributed by atoms with van der Waals surface area (Å²) in [7, 11) is -0.890. The lowest BCUT2D eigenvalue weighted by atomic mass is 10.1. The fourth-order valence-corrected chi connectivity index (χ4v) is 4.86. The molecule has 0 fully saturated rings. The maximum atomic E-state index is 12.7. The molecular weight excluding hydrogens is 470 g/mol. The number of hydrogen-bond donors (Lipinski definition) is 3. The van der Waals surface area contributed by atoms with Crippen molar-refractivity contribution in [3.8, 4) is 22.9 Å². The first-order valence-electron chi connectivity index (χ1n) is 9.73. The quantitative estimate of drug-likeness (QED) is 0.458. The maximum absolute atomic E-state index is 12.7. The molecule has 0 aliphatic rings. The number of benzene rings is 2. The minimum Gasteiger partial charge on any atom is -0.497 e. The number of hydrogen-bond acceptors (Lipinski definition) is 7. The summed E-state index contributed by atoms with van der Waals surface area (Å²) >= 11 is 6.09. The highest BCUT2D eigenvalue weighted by Crippen LogP contribution is 2.31. The van der Waals surface area contributed by atoms with Gasteiger partial charge in [0, 0.05) is 17.2 Å². The fraction of sp³-hybridized carbons (Fsp3) is 0.286. The van der Waals surface area contributed by atoms with Gasteiger partial charge in [0.2, 0.25) is 16.0 Å². The number of nitrogens with zero attached hydrogens (tertiary/aromatic N) is 2. The Morgan fingerprint density at radius 1 is 1.09 bits per heavy atom. The van der Waals surface area contributed by atoms with Crippen LogP contribution in [-0.4, -0.2) is 49.3 Å². The third kappa shape index (κ3) is 5.81. The van der Waals surface area contributed by atoms with E-state index < -0.39 is 21.5 Å². The second kappa shape index (κ2) is 9.38. The van der Waals surface area contributed by atoms with Crippen molar-refractivity contribution in [1.82, 2.24) is 19.9 Å². The summed E-state index contributed by atoms with van der Waals surface area (Å²) in [6.07, 6.45) is 0. The van der Waals surface area contributed by atoms with Gasteiger partial charge >= 0.3 is 0 Å². The van der Waals surface area contributed by atoms with E-state index in [0.29, 0.717) is 22.9 Å². The number of nitrogens with one attached hydrogen (secondary N) is 3. The summed E-state index contributed by atoms with van der Waals surface area (Å²) < 4.78 is 38.4. The molecule has 0 spiro atoms. The topological polar surface area (TPSA) is 135 Å². The number of amides is 1. The van der Waals surface area contributed by atoms with Crippen LogP contribution < -0.4 is 19.5 Å². The summed E-state index contributed by atoms with van der Waals surface area (Å²) in [4.78, 5) is 16.8. The Morgan fingerprint density at radius 3 is 2.45 bits per heavy atom. The lowest BCUT2D eigenvalue weighted by molar-refractivity contribution is 0.102. The van der Waals surface area contributed by atoms with Crippen LogP contribution in [0.5, 0.6) is 11.5 Å². The molecule has 10 nitrogen and oxygen atoms in total. The molecule has 0 saturated heterocycles. The molecule has 1 heterocycles. The van der Waals surface area contributed by atoms with E-state index in [1.165, 1.54) is 25.3 Å². The first kappa shape index (κ1) is 24.5. The number of carbonyl (C=O) groups excluding carboxylic acids is 1. The zero-order valence-electron chi connectivity index (χ0n) is 18.7. The van der Waals surface area contributed by atoms with Crippen molar-refractivity contribution in [3.05, 3.63) is 47.0 Å². The van der Waals surface area contributed by atoms with Gasteiger partial charge in [0.05, 0.1) is 24.8 Å². The van der Waals surface area contributed by atoms with Gasteiger partial charge < -0.3 is 9.47 Å². The van der Waals surface area contributed by atoms with E-state index in [1.807, 2.05) is 0 Å². The van der Waals surface area contributed by atoms with Crippen LogP contribution in [0.2, 0.25) is 5.02 Å². The van der Waals surface area contributed by atoms with Gasteiger partial charge in [-0.1, -0.05) is 11.6 Å². The molecule has 33 heavy (non-hydrogen) atoms. The molecule has 3 aromatic rings. The van der Waals surface area contributed by atoms with Gasteiger partial charge in [0.1, 0.15) is 16.4 Å². The third-order valence-electron chi connectivity index (χ3n) is 4.30. The van der Waals surface area contributed by atoms with Crippen molar-refractivity contribution in [3.63, 3.8) is 0 Å². The van der Waals surface area contributed by atoms with Gasteiger partial charge in [-0.15, -0.1) is 5.10 Å². The van der Waals surface area contributed by atoms with E-state index in [-0.39, 0.29) is 21.4 Å². The Balaban J connectivity index is 1.84. The smallest absolute Gasteiger partial charge is 0.258 e. The third-order valence-corrected chi connectivity index (χ3v) is 6.54. The summed E-state index contributed by atoms with van der Waals surface area (Å²) in [6, 6.07) is 9.12. The van der Waals surface area contributed by atoms with Gasteiger partial charge in [-0.2, -0.15) is 4.98 Å². The predicted molar refractivity (Wildman–Crippen MR) is 124 cm³/mol. The predicted octanol–water partition coefficient (Wildman–Crippen LogP) is 3.47. The summed E-state index contributed by atoms with van der Waals surface area (Å²) in [5.74, 6) is 0.866. The van der Waals surface area contributed by atoms with E-state index in [1.54, 1.807) is 46.1 Å². The SMILES string of the molecule is COc1ccc(-c2nc(NC(=O)c3ccc(Cl)c(S(=O)(=O)NC(C)(C)C)c3)n[nH]2)c(OC)c1. The Kier molecular flexibility index (Phi) is 6.96. The fourth-order valence-electron chi connectivity index (χ4n) is 2.91. The average Bonchev–Trinajstić information content (AvgIpc) is 3.19. The number of aromatic nitrogens is 3. The van der Waals surface area contributed by atoms with Gasteiger partial charge in [0.15, 0.2) is 5.82 Å². The van der Waals surface area contributed by atoms with E-state index >= 15 is 0 Å². The highest BCUT2D eigenvalue weighted by Gasteiger charge is 2.25. The molecule has 1 amide bonds. The number of H-pyrrole nitrogens is 1. The standard InChI is InChI=1S/C21H24ClN5O5S/c1-21(2,3)27-33(29,30)17-10-12(6-9-15(17)22)19(28)24-20-23-18(25-26-20)14-8-7-13(31-4)11-16(14)32-5/h6-11,27H,1-5H3,(H2,23,24,25,26,28). The Hall–Kier alpha value is -3.15. The number of carbonyl (C=O) groups is 1. The first-order valence-corrected chi connectivity index (χ1v) is 11.6. The Bertz CT molecular complexity index is 1280. The van der Waals surface area contributed by atoms with Gasteiger partial charge in [-0.05, 0) is 51.1 Å². The number of anilines is 1. The average molecular weight is 494 g/mol. The number of ether oxygens (including phenoxy) is 2. The highest BCUT2D eigenvalue weighted by atomic mass is 35.5. The number of aromatic amines is 1. The van der Waals surface area contributed by atoms with Crippen molar-refractivity contribution in [1.29, 1.82) is 0 Å². The number of rotatable bonds is 7. The summed E-state index contributed by atoms with van der Waals surface area (Å²) in [6.45, 7) is 5.11. The number of sulfonamides is 1. The molecule has 0 atom stereocenters. The van der Waals surface area contributed by atoms with Crippen molar-refractivity contribution < 1.29 is 22.7 Å². The molecule has 0 bridgehead atoms. The lowest BCUT2D eigenvalue weighted by Crippen LogP contribution is -2.40. The Morgan fingerprint density at radius 2 is 1.82 bits per heavy atom. The Labute approximate surface area is 196 Å². The first-order chi connectivity index (χ1) is 15.4. The summed E-state index contributed by atoms with van der Waals surface area (Å²) in [5.41, 5.74) is -0.0420. The molecular formula is C21H24ClN5O5S. The molecule has 2 aromatic carbocycles. The monoisotopic (exact) mass is 493 g/mol. The number of methoxy groups -OCH3 is 2. The minimum absolute atomic E-state index is 0.0000415. The van der Waals surface area contributed by atoms with E-state index in [9.17, 15) is 13.2 Å². The largest absolute Gasteiger partial charge is 0.497 e. The van der Waals surface area contributed by atoms with Crippen LogP contribution in [0.3, 0.4) is 0 Å². The molecule has 176 valence electrons. The normalized spacial score (nSPS) is 11.8. The second-order valence-electron chi connectivity index (χ2n) is 8.03. The molecule has 3 rings (SSSR count).